The first-order valence-corrected chi connectivity index (χ1v) is 5.09. The van der Waals surface area contributed by atoms with Crippen molar-refractivity contribution in [3.05, 3.63) is 29.6 Å². The third-order valence-electron chi connectivity index (χ3n) is 2.23. The smallest absolute Gasteiger partial charge is 0.123 e. The Morgan fingerprint density at radius 2 is 2.07 bits per heavy atom. The normalized spacial score (nSPS) is 10.6. The van der Waals surface area contributed by atoms with Gasteiger partial charge in [-0.25, -0.2) is 4.39 Å². The minimum absolute atomic E-state index is 0.170. The van der Waals surface area contributed by atoms with Crippen LogP contribution in [0, 0.1) is 18.7 Å². The van der Waals surface area contributed by atoms with Gasteiger partial charge in [-0.05, 0) is 43.0 Å². The van der Waals surface area contributed by atoms with Crippen molar-refractivity contribution in [3.8, 4) is 0 Å². The van der Waals surface area contributed by atoms with E-state index in [1.54, 1.807) is 12.1 Å². The first-order valence-electron chi connectivity index (χ1n) is 5.09. The highest BCUT2D eigenvalue weighted by Crippen LogP contribution is 2.15. The van der Waals surface area contributed by atoms with Crippen LogP contribution in [0.3, 0.4) is 0 Å². The van der Waals surface area contributed by atoms with E-state index in [4.69, 9.17) is 0 Å². The van der Waals surface area contributed by atoms with Crippen molar-refractivity contribution in [1.82, 2.24) is 0 Å². The zero-order valence-corrected chi connectivity index (χ0v) is 9.10. The Labute approximate surface area is 85.3 Å². The molecule has 14 heavy (non-hydrogen) atoms. The maximum absolute atomic E-state index is 12.8. The van der Waals surface area contributed by atoms with Gasteiger partial charge in [0, 0.05) is 12.2 Å². The van der Waals surface area contributed by atoms with Crippen molar-refractivity contribution in [1.29, 1.82) is 0 Å². The number of hydrogen-bond acceptors (Lipinski definition) is 1. The highest BCUT2D eigenvalue weighted by atomic mass is 19.1. The van der Waals surface area contributed by atoms with E-state index in [1.807, 2.05) is 6.92 Å². The summed E-state index contributed by atoms with van der Waals surface area (Å²) in [6.45, 7) is 7.25. The predicted molar refractivity (Wildman–Crippen MR) is 59.1 cm³/mol. The molecule has 0 saturated heterocycles. The molecular weight excluding hydrogens is 177 g/mol. The summed E-state index contributed by atoms with van der Waals surface area (Å²) in [4.78, 5) is 0. The van der Waals surface area contributed by atoms with Crippen molar-refractivity contribution in [2.45, 2.75) is 27.2 Å². The summed E-state index contributed by atoms with van der Waals surface area (Å²) in [6, 6.07) is 4.84. The van der Waals surface area contributed by atoms with E-state index in [9.17, 15) is 4.39 Å². The molecule has 0 heterocycles. The number of benzene rings is 1. The lowest BCUT2D eigenvalue weighted by Crippen LogP contribution is -2.05. The van der Waals surface area contributed by atoms with Crippen LogP contribution in [-0.2, 0) is 0 Å². The van der Waals surface area contributed by atoms with Gasteiger partial charge in [0.1, 0.15) is 5.82 Å². The lowest BCUT2D eigenvalue weighted by Gasteiger charge is -2.10. The highest BCUT2D eigenvalue weighted by molar-refractivity contribution is 5.50. The molecule has 0 aromatic heterocycles. The number of anilines is 1. The molecule has 0 saturated carbocycles. The summed E-state index contributed by atoms with van der Waals surface area (Å²) in [7, 11) is 0. The van der Waals surface area contributed by atoms with Crippen LogP contribution in [0.2, 0.25) is 0 Å². The average Bonchev–Trinajstić information content (AvgIpc) is 2.08. The number of nitrogens with one attached hydrogen (secondary N) is 1. The van der Waals surface area contributed by atoms with E-state index in [1.165, 1.54) is 6.07 Å². The van der Waals surface area contributed by atoms with Crippen LogP contribution in [0.1, 0.15) is 25.8 Å². The van der Waals surface area contributed by atoms with E-state index in [0.717, 1.165) is 24.2 Å². The lowest BCUT2D eigenvalue weighted by atomic mass is 10.1. The molecule has 0 unspecified atom stereocenters. The third-order valence-corrected chi connectivity index (χ3v) is 2.23. The van der Waals surface area contributed by atoms with Crippen LogP contribution in [0.4, 0.5) is 10.1 Å². The van der Waals surface area contributed by atoms with Crippen LogP contribution < -0.4 is 5.32 Å². The van der Waals surface area contributed by atoms with Gasteiger partial charge in [0.05, 0.1) is 0 Å². The molecule has 0 bridgehead atoms. The molecule has 2 heteroatoms. The van der Waals surface area contributed by atoms with Gasteiger partial charge in [0.15, 0.2) is 0 Å². The van der Waals surface area contributed by atoms with E-state index in [0.29, 0.717) is 5.92 Å². The van der Waals surface area contributed by atoms with Gasteiger partial charge in [-0.1, -0.05) is 13.8 Å². The van der Waals surface area contributed by atoms with Crippen LogP contribution in [0.15, 0.2) is 18.2 Å². The largest absolute Gasteiger partial charge is 0.385 e. The first kappa shape index (κ1) is 11.0. The number of hydrogen-bond donors (Lipinski definition) is 1. The minimum atomic E-state index is -0.170. The lowest BCUT2D eigenvalue weighted by molar-refractivity contribution is 0.606. The predicted octanol–water partition coefficient (Wildman–Crippen LogP) is 3.59. The molecule has 1 nitrogen and oxygen atoms in total. The Kier molecular flexibility index (Phi) is 3.93. The molecule has 0 aliphatic heterocycles. The fourth-order valence-corrected chi connectivity index (χ4v) is 1.32. The standard InChI is InChI=1S/C12H18FN/c1-9(2)6-7-14-12-5-4-11(13)8-10(12)3/h4-5,8-9,14H,6-7H2,1-3H3. The summed E-state index contributed by atoms with van der Waals surface area (Å²) in [5, 5.41) is 3.30. The maximum atomic E-state index is 12.8. The van der Waals surface area contributed by atoms with E-state index >= 15 is 0 Å². The molecule has 1 aromatic rings. The molecule has 1 N–H and O–H groups in total. The van der Waals surface area contributed by atoms with Crippen molar-refractivity contribution in [3.63, 3.8) is 0 Å². The van der Waals surface area contributed by atoms with Gasteiger partial charge in [0.2, 0.25) is 0 Å². The second kappa shape index (κ2) is 4.99. The van der Waals surface area contributed by atoms with E-state index in [2.05, 4.69) is 19.2 Å². The molecule has 0 spiro atoms. The molecule has 1 rings (SSSR count). The summed E-state index contributed by atoms with van der Waals surface area (Å²) in [6.07, 6.45) is 1.14. The Hall–Kier alpha value is -1.05. The number of aryl methyl sites for hydroxylation is 1. The van der Waals surface area contributed by atoms with Crippen LogP contribution in [-0.4, -0.2) is 6.54 Å². The van der Waals surface area contributed by atoms with Gasteiger partial charge in [-0.2, -0.15) is 0 Å². The third kappa shape index (κ3) is 3.36. The van der Waals surface area contributed by atoms with Gasteiger partial charge in [0.25, 0.3) is 0 Å². The molecule has 0 aliphatic carbocycles. The van der Waals surface area contributed by atoms with E-state index in [-0.39, 0.29) is 5.82 Å². The average molecular weight is 195 g/mol. The molecule has 0 fully saturated rings. The quantitative estimate of drug-likeness (QED) is 0.774. The van der Waals surface area contributed by atoms with Crippen molar-refractivity contribution in [2.75, 3.05) is 11.9 Å². The SMILES string of the molecule is Cc1cc(F)ccc1NCCC(C)C. The van der Waals surface area contributed by atoms with Crippen molar-refractivity contribution >= 4 is 5.69 Å². The van der Waals surface area contributed by atoms with Crippen molar-refractivity contribution in [2.24, 2.45) is 5.92 Å². The molecule has 1 aromatic carbocycles. The van der Waals surface area contributed by atoms with Crippen molar-refractivity contribution < 1.29 is 4.39 Å². The number of halogens is 1. The zero-order valence-electron chi connectivity index (χ0n) is 9.10. The Bertz CT molecular complexity index is 294. The number of rotatable bonds is 4. The van der Waals surface area contributed by atoms with Crippen LogP contribution in [0.25, 0.3) is 0 Å². The van der Waals surface area contributed by atoms with Gasteiger partial charge in [-0.15, -0.1) is 0 Å². The molecule has 0 aliphatic rings. The molecule has 0 atom stereocenters. The van der Waals surface area contributed by atoms with Gasteiger partial charge in [-0.3, -0.25) is 0 Å². The molecule has 0 amide bonds. The van der Waals surface area contributed by atoms with Gasteiger partial charge < -0.3 is 5.32 Å². The van der Waals surface area contributed by atoms with Crippen LogP contribution in [0.5, 0.6) is 0 Å². The summed E-state index contributed by atoms with van der Waals surface area (Å²) in [5.74, 6) is 0.528. The van der Waals surface area contributed by atoms with Gasteiger partial charge >= 0.3 is 0 Å². The summed E-state index contributed by atoms with van der Waals surface area (Å²) < 4.78 is 12.8. The topological polar surface area (TPSA) is 12.0 Å². The second-order valence-electron chi connectivity index (χ2n) is 4.07. The highest BCUT2D eigenvalue weighted by Gasteiger charge is 1.99. The van der Waals surface area contributed by atoms with Crippen LogP contribution >= 0.6 is 0 Å². The molecule has 78 valence electrons. The fraction of sp³-hybridized carbons (Fsp3) is 0.500. The summed E-state index contributed by atoms with van der Waals surface area (Å²) >= 11 is 0. The minimum Gasteiger partial charge on any atom is -0.385 e. The molecular formula is C12H18FN. The summed E-state index contributed by atoms with van der Waals surface area (Å²) in [5.41, 5.74) is 2.00. The fourth-order valence-electron chi connectivity index (χ4n) is 1.32. The van der Waals surface area contributed by atoms with E-state index < -0.39 is 0 Å². The Balaban J connectivity index is 2.51. The monoisotopic (exact) mass is 195 g/mol. The Morgan fingerprint density at radius 3 is 2.64 bits per heavy atom. The Morgan fingerprint density at radius 1 is 1.36 bits per heavy atom. The molecule has 0 radical (unpaired) electrons. The zero-order chi connectivity index (χ0) is 10.6. The first-order chi connectivity index (χ1) is 6.59. The maximum Gasteiger partial charge on any atom is 0.123 e. The second-order valence-corrected chi connectivity index (χ2v) is 4.07.